The highest BCUT2D eigenvalue weighted by Crippen LogP contribution is 2.28. The van der Waals surface area contributed by atoms with Crippen LogP contribution in [0.25, 0.3) is 0 Å². The first kappa shape index (κ1) is 15.9. The zero-order chi connectivity index (χ0) is 16.3. The highest BCUT2D eigenvalue weighted by molar-refractivity contribution is 5.91. The normalized spacial score (nSPS) is 21.1. The Kier molecular flexibility index (Phi) is 4.69. The molecule has 0 amide bonds. The van der Waals surface area contributed by atoms with E-state index in [1.165, 1.54) is 0 Å². The number of carbonyl (C=O) groups excluding carboxylic acids is 1. The molecule has 0 heterocycles. The van der Waals surface area contributed by atoms with Gasteiger partial charge < -0.3 is 4.74 Å². The summed E-state index contributed by atoms with van der Waals surface area (Å²) in [7, 11) is 0. The third kappa shape index (κ3) is 3.78. The van der Waals surface area contributed by atoms with Gasteiger partial charge in [-0.2, -0.15) is 0 Å². The molecule has 0 saturated heterocycles. The molecule has 8 heteroatoms. The van der Waals surface area contributed by atoms with Crippen LogP contribution in [0.15, 0.2) is 18.2 Å². The predicted octanol–water partition coefficient (Wildman–Crippen LogP) is 3.24. The summed E-state index contributed by atoms with van der Waals surface area (Å²) in [6.07, 6.45) is 3.27. The zero-order valence-corrected chi connectivity index (χ0v) is 12.1. The van der Waals surface area contributed by atoms with Gasteiger partial charge in [-0.15, -0.1) is 0 Å². The van der Waals surface area contributed by atoms with Gasteiger partial charge in [0.15, 0.2) is 0 Å². The van der Waals surface area contributed by atoms with Crippen LogP contribution in [0.4, 0.5) is 11.4 Å². The molecule has 0 bridgehead atoms. The summed E-state index contributed by atoms with van der Waals surface area (Å²) < 4.78 is 5.33. The number of hydrogen-bond donors (Lipinski definition) is 0. The van der Waals surface area contributed by atoms with E-state index in [-0.39, 0.29) is 11.7 Å². The van der Waals surface area contributed by atoms with Crippen molar-refractivity contribution in [2.24, 2.45) is 5.92 Å². The van der Waals surface area contributed by atoms with Gasteiger partial charge in [-0.1, -0.05) is 13.3 Å². The van der Waals surface area contributed by atoms with E-state index >= 15 is 0 Å². The second-order valence-electron chi connectivity index (χ2n) is 5.55. The van der Waals surface area contributed by atoms with Gasteiger partial charge in [-0.05, 0) is 25.2 Å². The van der Waals surface area contributed by atoms with E-state index in [2.05, 4.69) is 6.92 Å². The van der Waals surface area contributed by atoms with Crippen LogP contribution < -0.4 is 0 Å². The largest absolute Gasteiger partial charge is 0.459 e. The molecule has 2 atom stereocenters. The molecule has 1 aromatic rings. The summed E-state index contributed by atoms with van der Waals surface area (Å²) >= 11 is 0. The van der Waals surface area contributed by atoms with Crippen molar-refractivity contribution in [3.63, 3.8) is 0 Å². The topological polar surface area (TPSA) is 113 Å². The number of nitrogens with zero attached hydrogens (tertiary/aromatic N) is 2. The monoisotopic (exact) mass is 308 g/mol. The Morgan fingerprint density at radius 3 is 2.23 bits per heavy atom. The van der Waals surface area contributed by atoms with E-state index in [0.717, 1.165) is 43.9 Å². The minimum atomic E-state index is -0.771. The molecular formula is C14H16N2O6. The Balaban J connectivity index is 2.21. The van der Waals surface area contributed by atoms with Crippen molar-refractivity contribution >= 4 is 17.3 Å². The molecule has 0 aliphatic heterocycles. The van der Waals surface area contributed by atoms with E-state index in [4.69, 9.17) is 4.74 Å². The Hall–Kier alpha value is -2.51. The third-order valence-corrected chi connectivity index (χ3v) is 3.72. The highest BCUT2D eigenvalue weighted by Gasteiger charge is 2.25. The second kappa shape index (κ2) is 6.50. The van der Waals surface area contributed by atoms with Gasteiger partial charge in [-0.3, -0.25) is 20.2 Å². The van der Waals surface area contributed by atoms with Crippen molar-refractivity contribution < 1.29 is 19.4 Å². The van der Waals surface area contributed by atoms with Gasteiger partial charge in [0, 0.05) is 12.1 Å². The number of non-ortho nitro benzene ring substituents is 2. The summed E-state index contributed by atoms with van der Waals surface area (Å²) in [6, 6.07) is 2.82. The molecule has 0 spiro atoms. The van der Waals surface area contributed by atoms with E-state index in [1.807, 2.05) is 0 Å². The van der Waals surface area contributed by atoms with Crippen molar-refractivity contribution in [2.75, 3.05) is 0 Å². The van der Waals surface area contributed by atoms with E-state index in [1.54, 1.807) is 0 Å². The van der Waals surface area contributed by atoms with Crippen LogP contribution in [-0.2, 0) is 4.74 Å². The van der Waals surface area contributed by atoms with Crippen LogP contribution in [0.5, 0.6) is 0 Å². The van der Waals surface area contributed by atoms with E-state index in [0.29, 0.717) is 5.92 Å². The van der Waals surface area contributed by atoms with Gasteiger partial charge in [0.05, 0.1) is 21.5 Å². The second-order valence-corrected chi connectivity index (χ2v) is 5.55. The first-order valence-corrected chi connectivity index (χ1v) is 7.01. The molecule has 0 N–H and O–H groups in total. The van der Waals surface area contributed by atoms with Crippen LogP contribution in [0.3, 0.4) is 0 Å². The van der Waals surface area contributed by atoms with E-state index < -0.39 is 27.2 Å². The number of hydrogen-bond acceptors (Lipinski definition) is 6. The maximum absolute atomic E-state index is 12.1. The maximum Gasteiger partial charge on any atom is 0.338 e. The number of nitro groups is 2. The fraction of sp³-hybridized carbons (Fsp3) is 0.500. The Labute approximate surface area is 126 Å². The smallest absolute Gasteiger partial charge is 0.338 e. The number of nitro benzene ring substituents is 2. The lowest BCUT2D eigenvalue weighted by Crippen LogP contribution is -2.24. The van der Waals surface area contributed by atoms with Crippen molar-refractivity contribution in [3.05, 3.63) is 44.0 Å². The molecule has 8 nitrogen and oxygen atoms in total. The lowest BCUT2D eigenvalue weighted by atomic mass is 9.89. The first-order chi connectivity index (χ1) is 10.4. The number of rotatable bonds is 4. The molecule has 0 unspecified atom stereocenters. The summed E-state index contributed by atoms with van der Waals surface area (Å²) in [5, 5.41) is 21.6. The third-order valence-electron chi connectivity index (χ3n) is 3.72. The minimum Gasteiger partial charge on any atom is -0.459 e. The lowest BCUT2D eigenvalue weighted by molar-refractivity contribution is -0.394. The van der Waals surface area contributed by atoms with Gasteiger partial charge in [-0.25, -0.2) is 4.79 Å². The lowest BCUT2D eigenvalue weighted by Gasteiger charge is -2.26. The zero-order valence-electron chi connectivity index (χ0n) is 12.1. The Bertz CT molecular complexity index is 583. The predicted molar refractivity (Wildman–Crippen MR) is 76.6 cm³/mol. The number of esters is 1. The molecule has 2 rings (SSSR count). The van der Waals surface area contributed by atoms with Crippen LogP contribution in [0, 0.1) is 26.1 Å². The highest BCUT2D eigenvalue weighted by atomic mass is 16.6. The average Bonchev–Trinajstić information content (AvgIpc) is 2.46. The molecule has 118 valence electrons. The Morgan fingerprint density at radius 2 is 1.73 bits per heavy atom. The number of carbonyl (C=O) groups is 1. The SMILES string of the molecule is C[C@H]1CCC[C@@H](OC(=O)c2cc([N+](=O)[O-])cc([N+](=O)[O-])c2)C1. The fourth-order valence-corrected chi connectivity index (χ4v) is 2.63. The Morgan fingerprint density at radius 1 is 1.14 bits per heavy atom. The van der Waals surface area contributed by atoms with Crippen LogP contribution >= 0.6 is 0 Å². The molecule has 1 aliphatic rings. The molecule has 1 fully saturated rings. The van der Waals surface area contributed by atoms with Crippen LogP contribution in [-0.4, -0.2) is 21.9 Å². The number of benzene rings is 1. The molecule has 0 aromatic heterocycles. The standard InChI is InChI=1S/C14H16N2O6/c1-9-3-2-4-13(5-9)22-14(17)10-6-11(15(18)19)8-12(7-10)16(20)21/h6-9,13H,2-5H2,1H3/t9-,13+/m0/s1. The van der Waals surface area contributed by atoms with Gasteiger partial charge in [0.1, 0.15) is 6.10 Å². The van der Waals surface area contributed by atoms with Crippen molar-refractivity contribution in [1.82, 2.24) is 0 Å². The molecule has 1 aliphatic carbocycles. The van der Waals surface area contributed by atoms with Gasteiger partial charge in [0.2, 0.25) is 0 Å². The van der Waals surface area contributed by atoms with Crippen molar-refractivity contribution in [1.29, 1.82) is 0 Å². The average molecular weight is 308 g/mol. The summed E-state index contributed by atoms with van der Waals surface area (Å²) in [4.78, 5) is 32.2. The summed E-state index contributed by atoms with van der Waals surface area (Å²) in [5.41, 5.74) is -1.17. The first-order valence-electron chi connectivity index (χ1n) is 7.01. The van der Waals surface area contributed by atoms with Crippen LogP contribution in [0.2, 0.25) is 0 Å². The minimum absolute atomic E-state index is 0.167. The maximum atomic E-state index is 12.1. The van der Waals surface area contributed by atoms with Gasteiger partial charge >= 0.3 is 5.97 Å². The van der Waals surface area contributed by atoms with Crippen molar-refractivity contribution in [3.8, 4) is 0 Å². The molecule has 1 saturated carbocycles. The summed E-state index contributed by atoms with van der Waals surface area (Å²) in [5.74, 6) is -0.308. The van der Waals surface area contributed by atoms with Crippen LogP contribution in [0.1, 0.15) is 43.0 Å². The summed E-state index contributed by atoms with van der Waals surface area (Å²) in [6.45, 7) is 2.07. The molecule has 1 aromatic carbocycles. The van der Waals surface area contributed by atoms with Crippen molar-refractivity contribution in [2.45, 2.75) is 38.7 Å². The molecule has 0 radical (unpaired) electrons. The van der Waals surface area contributed by atoms with E-state index in [9.17, 15) is 25.0 Å². The fourth-order valence-electron chi connectivity index (χ4n) is 2.63. The number of ether oxygens (including phenoxy) is 1. The molecular weight excluding hydrogens is 292 g/mol. The molecule has 22 heavy (non-hydrogen) atoms. The quantitative estimate of drug-likeness (QED) is 0.479. The van der Waals surface area contributed by atoms with Gasteiger partial charge in [0.25, 0.3) is 11.4 Å².